The van der Waals surface area contributed by atoms with E-state index in [1.54, 1.807) is 0 Å². The molecule has 2 rings (SSSR count). The molecule has 0 saturated carbocycles. The average molecular weight is 214 g/mol. The summed E-state index contributed by atoms with van der Waals surface area (Å²) in [5.74, 6) is 0. The van der Waals surface area contributed by atoms with Crippen LogP contribution in [-0.2, 0) is 0 Å². The Bertz CT molecular complexity index is 469. The summed E-state index contributed by atoms with van der Waals surface area (Å²) in [7, 11) is 0. The molecule has 0 saturated heterocycles. The Labute approximate surface area is 96.4 Å². The van der Waals surface area contributed by atoms with Crippen LogP contribution in [0, 0.1) is 13.8 Å². The number of aryl methyl sites for hydroxylation is 1. The van der Waals surface area contributed by atoms with E-state index >= 15 is 0 Å². The van der Waals surface area contributed by atoms with Gasteiger partial charge < -0.3 is 0 Å². The van der Waals surface area contributed by atoms with Gasteiger partial charge in [-0.05, 0) is 48.2 Å². The van der Waals surface area contributed by atoms with Crippen molar-refractivity contribution in [3.63, 3.8) is 0 Å². The van der Waals surface area contributed by atoms with Crippen molar-refractivity contribution in [1.29, 1.82) is 0 Å². The minimum atomic E-state index is 1.00. The largest absolute Gasteiger partial charge is 0.143 e. The Morgan fingerprint density at radius 2 is 1.53 bits per heavy atom. The van der Waals surface area contributed by atoms with Gasteiger partial charge in [-0.1, -0.05) is 30.3 Å². The fourth-order valence-corrected chi connectivity index (χ4v) is 1.85. The molecule has 0 unspecified atom stereocenters. The summed E-state index contributed by atoms with van der Waals surface area (Å²) in [6, 6.07) is 14.7. The maximum absolute atomic E-state index is 4.29. The van der Waals surface area contributed by atoms with Gasteiger partial charge in [0, 0.05) is 4.90 Å². The van der Waals surface area contributed by atoms with E-state index in [9.17, 15) is 0 Å². The highest BCUT2D eigenvalue weighted by molar-refractivity contribution is 7.80. The van der Waals surface area contributed by atoms with Gasteiger partial charge in [-0.3, -0.25) is 0 Å². The minimum absolute atomic E-state index is 1.00. The Balaban J connectivity index is 2.54. The zero-order valence-corrected chi connectivity index (χ0v) is 9.88. The molecule has 0 aromatic heterocycles. The normalized spacial score (nSPS) is 10.3. The van der Waals surface area contributed by atoms with Crippen LogP contribution in [-0.4, -0.2) is 0 Å². The minimum Gasteiger partial charge on any atom is -0.143 e. The Kier molecular flexibility index (Phi) is 2.83. The molecule has 0 atom stereocenters. The molecule has 0 fully saturated rings. The quantitative estimate of drug-likeness (QED) is 0.674. The topological polar surface area (TPSA) is 0 Å². The second-order valence-corrected chi connectivity index (χ2v) is 4.31. The Morgan fingerprint density at radius 3 is 2.20 bits per heavy atom. The van der Waals surface area contributed by atoms with Gasteiger partial charge in [0.2, 0.25) is 0 Å². The number of hydrogen-bond acceptors (Lipinski definition) is 1. The number of hydrogen-bond donors (Lipinski definition) is 1. The lowest BCUT2D eigenvalue weighted by Gasteiger charge is -2.08. The molecular weight excluding hydrogens is 200 g/mol. The van der Waals surface area contributed by atoms with Crippen molar-refractivity contribution >= 4 is 12.6 Å². The second kappa shape index (κ2) is 4.11. The molecule has 76 valence electrons. The zero-order chi connectivity index (χ0) is 10.8. The summed E-state index contributed by atoms with van der Waals surface area (Å²) in [5, 5.41) is 0. The first-order valence-corrected chi connectivity index (χ1v) is 5.49. The third-order valence-electron chi connectivity index (χ3n) is 2.78. The first-order chi connectivity index (χ1) is 7.18. The van der Waals surface area contributed by atoms with E-state index < -0.39 is 0 Å². The van der Waals surface area contributed by atoms with Crippen LogP contribution >= 0.6 is 12.6 Å². The predicted octanol–water partition coefficient (Wildman–Crippen LogP) is 4.26. The van der Waals surface area contributed by atoms with E-state index in [2.05, 4.69) is 56.8 Å². The fraction of sp³-hybridized carbons (Fsp3) is 0.143. The lowest BCUT2D eigenvalue weighted by molar-refractivity contribution is 1.33. The van der Waals surface area contributed by atoms with Gasteiger partial charge in [0.25, 0.3) is 0 Å². The highest BCUT2D eigenvalue weighted by atomic mass is 32.1. The van der Waals surface area contributed by atoms with Crippen LogP contribution < -0.4 is 0 Å². The van der Waals surface area contributed by atoms with Gasteiger partial charge in [0.15, 0.2) is 0 Å². The van der Waals surface area contributed by atoms with E-state index in [1.165, 1.54) is 22.3 Å². The molecule has 15 heavy (non-hydrogen) atoms. The molecule has 2 aromatic rings. The molecule has 0 heterocycles. The third kappa shape index (κ3) is 2.07. The van der Waals surface area contributed by atoms with E-state index in [0.29, 0.717) is 0 Å². The molecule has 2 aromatic carbocycles. The summed E-state index contributed by atoms with van der Waals surface area (Å²) >= 11 is 4.29. The van der Waals surface area contributed by atoms with Gasteiger partial charge in [0.05, 0.1) is 0 Å². The summed E-state index contributed by atoms with van der Waals surface area (Å²) < 4.78 is 0. The maximum Gasteiger partial charge on any atom is 0.00404 e. The highest BCUT2D eigenvalue weighted by Crippen LogP contribution is 2.26. The zero-order valence-electron chi connectivity index (χ0n) is 8.99. The summed E-state index contributed by atoms with van der Waals surface area (Å²) in [5.41, 5.74) is 5.25. The van der Waals surface area contributed by atoms with Gasteiger partial charge in [0.1, 0.15) is 0 Å². The molecule has 0 nitrogen and oxygen atoms in total. The molecule has 0 bridgehead atoms. The van der Waals surface area contributed by atoms with Crippen molar-refractivity contribution in [1.82, 2.24) is 0 Å². The molecule has 0 aliphatic carbocycles. The van der Waals surface area contributed by atoms with Crippen LogP contribution in [0.15, 0.2) is 47.4 Å². The smallest absolute Gasteiger partial charge is 0.00404 e. The van der Waals surface area contributed by atoms with Crippen LogP contribution in [0.25, 0.3) is 11.1 Å². The molecule has 0 radical (unpaired) electrons. The predicted molar refractivity (Wildman–Crippen MR) is 68.6 cm³/mol. The Hall–Kier alpha value is -1.21. The summed E-state index contributed by atoms with van der Waals surface area (Å²) in [4.78, 5) is 1.00. The SMILES string of the molecule is Cc1cccc(-c2ccc(S)cc2)c1C. The van der Waals surface area contributed by atoms with E-state index in [-0.39, 0.29) is 0 Å². The third-order valence-corrected chi connectivity index (χ3v) is 3.08. The second-order valence-electron chi connectivity index (χ2n) is 3.79. The van der Waals surface area contributed by atoms with Crippen molar-refractivity contribution in [2.24, 2.45) is 0 Å². The molecule has 0 spiro atoms. The lowest BCUT2D eigenvalue weighted by atomic mass is 9.97. The van der Waals surface area contributed by atoms with Gasteiger partial charge >= 0.3 is 0 Å². The number of benzene rings is 2. The summed E-state index contributed by atoms with van der Waals surface area (Å²) in [6.07, 6.45) is 0. The summed E-state index contributed by atoms with van der Waals surface area (Å²) in [6.45, 7) is 4.31. The van der Waals surface area contributed by atoms with Gasteiger partial charge in [-0.15, -0.1) is 12.6 Å². The van der Waals surface area contributed by atoms with Crippen molar-refractivity contribution in [2.45, 2.75) is 18.7 Å². The first-order valence-electron chi connectivity index (χ1n) is 5.04. The van der Waals surface area contributed by atoms with E-state index in [0.717, 1.165) is 4.90 Å². The van der Waals surface area contributed by atoms with E-state index in [1.807, 2.05) is 12.1 Å². The van der Waals surface area contributed by atoms with Crippen LogP contribution in [0.4, 0.5) is 0 Å². The van der Waals surface area contributed by atoms with Crippen molar-refractivity contribution < 1.29 is 0 Å². The monoisotopic (exact) mass is 214 g/mol. The van der Waals surface area contributed by atoms with Crippen LogP contribution in [0.1, 0.15) is 11.1 Å². The lowest BCUT2D eigenvalue weighted by Crippen LogP contribution is -1.86. The number of thiol groups is 1. The average Bonchev–Trinajstić information content (AvgIpc) is 2.24. The fourth-order valence-electron chi connectivity index (χ4n) is 1.70. The van der Waals surface area contributed by atoms with Gasteiger partial charge in [-0.2, -0.15) is 0 Å². The molecule has 0 aliphatic heterocycles. The van der Waals surface area contributed by atoms with Crippen molar-refractivity contribution in [3.05, 3.63) is 53.6 Å². The molecule has 0 N–H and O–H groups in total. The van der Waals surface area contributed by atoms with Crippen molar-refractivity contribution in [2.75, 3.05) is 0 Å². The van der Waals surface area contributed by atoms with E-state index in [4.69, 9.17) is 0 Å². The first kappa shape index (κ1) is 10.3. The Morgan fingerprint density at radius 1 is 0.867 bits per heavy atom. The van der Waals surface area contributed by atoms with Crippen LogP contribution in [0.2, 0.25) is 0 Å². The molecule has 1 heteroatoms. The van der Waals surface area contributed by atoms with Crippen LogP contribution in [0.3, 0.4) is 0 Å². The maximum atomic E-state index is 4.29. The number of rotatable bonds is 1. The van der Waals surface area contributed by atoms with Crippen LogP contribution in [0.5, 0.6) is 0 Å². The molecule has 0 aliphatic rings. The standard InChI is InChI=1S/C14H14S/c1-10-4-3-5-14(11(10)2)12-6-8-13(15)9-7-12/h3-9,15H,1-2H3. The highest BCUT2D eigenvalue weighted by Gasteiger charge is 2.02. The van der Waals surface area contributed by atoms with Gasteiger partial charge in [-0.25, -0.2) is 0 Å². The molecule has 0 amide bonds. The van der Waals surface area contributed by atoms with Crippen molar-refractivity contribution in [3.8, 4) is 11.1 Å². The molecular formula is C14H14S.